The normalized spacial score (nSPS) is 12.0. The Balaban J connectivity index is 1.75. The van der Waals surface area contributed by atoms with Gasteiger partial charge in [-0.1, -0.05) is 12.1 Å². The monoisotopic (exact) mass is 442 g/mol. The fourth-order valence-electron chi connectivity index (χ4n) is 2.47. The van der Waals surface area contributed by atoms with Crippen LogP contribution in [0.2, 0.25) is 0 Å². The van der Waals surface area contributed by atoms with Crippen LogP contribution in [0, 0.1) is 5.82 Å². The lowest BCUT2D eigenvalue weighted by molar-refractivity contribution is -0.138. The van der Waals surface area contributed by atoms with Gasteiger partial charge < -0.3 is 4.42 Å². The predicted octanol–water partition coefficient (Wildman–Crippen LogP) is 4.94. The first-order valence-electron chi connectivity index (χ1n) is 8.47. The number of rotatable bonds is 5. The molecule has 6 nitrogen and oxygen atoms in total. The molecule has 0 unspecified atom stereocenters. The molecule has 0 spiro atoms. The highest BCUT2D eigenvalue weighted by Crippen LogP contribution is 2.33. The summed E-state index contributed by atoms with van der Waals surface area (Å²) in [5.41, 5.74) is -1.38. The van der Waals surface area contributed by atoms with Gasteiger partial charge in [0.15, 0.2) is 0 Å². The number of hydrogen-bond acceptors (Lipinski definition) is 5. The number of aromatic nitrogens is 2. The van der Waals surface area contributed by atoms with Crippen molar-refractivity contribution in [1.29, 1.82) is 0 Å². The molecule has 0 saturated carbocycles. The van der Waals surface area contributed by atoms with Crippen LogP contribution in [-0.2, 0) is 6.18 Å². The lowest BCUT2D eigenvalue weighted by Gasteiger charge is -2.16. The van der Waals surface area contributed by atoms with Gasteiger partial charge in [-0.2, -0.15) is 27.1 Å². The highest BCUT2D eigenvalue weighted by molar-refractivity contribution is 5.96. The van der Waals surface area contributed by atoms with Crippen molar-refractivity contribution < 1.29 is 35.6 Å². The van der Waals surface area contributed by atoms with Crippen molar-refractivity contribution in [3.8, 4) is 11.5 Å². The van der Waals surface area contributed by atoms with Crippen LogP contribution in [0.1, 0.15) is 33.8 Å². The van der Waals surface area contributed by atoms with Gasteiger partial charge in [0.25, 0.3) is 11.8 Å². The highest BCUT2D eigenvalue weighted by atomic mass is 19.4. The van der Waals surface area contributed by atoms with Crippen molar-refractivity contribution in [2.24, 2.45) is 5.10 Å². The van der Waals surface area contributed by atoms with E-state index in [1.807, 2.05) is 0 Å². The molecule has 3 rings (SSSR count). The molecule has 0 aliphatic carbocycles. The summed E-state index contributed by atoms with van der Waals surface area (Å²) < 4.78 is 82.3. The maximum atomic E-state index is 13.2. The van der Waals surface area contributed by atoms with Crippen molar-refractivity contribution in [1.82, 2.24) is 15.2 Å². The van der Waals surface area contributed by atoms with E-state index in [-0.39, 0.29) is 12.0 Å². The standard InChI is InChI=1S/C19H12F6N4O2/c1-29(18(30)13-7-6-12(20)8-14(13)19(23,24)25)26-9-10-2-4-11(5-3-10)16-27-28-17(31-16)15(21)22/h2-9,15H,1H3/b26-9+. The van der Waals surface area contributed by atoms with Gasteiger partial charge in [0.05, 0.1) is 17.3 Å². The van der Waals surface area contributed by atoms with Crippen LogP contribution >= 0.6 is 0 Å². The summed E-state index contributed by atoms with van der Waals surface area (Å²) in [5.74, 6) is -3.16. The summed E-state index contributed by atoms with van der Waals surface area (Å²) in [6.07, 6.45) is -6.64. The number of benzene rings is 2. The number of halogens is 6. The van der Waals surface area contributed by atoms with Crippen LogP contribution in [0.4, 0.5) is 26.3 Å². The second kappa shape index (κ2) is 8.58. The molecule has 0 saturated heterocycles. The molecule has 31 heavy (non-hydrogen) atoms. The van der Waals surface area contributed by atoms with E-state index < -0.39 is 41.3 Å². The number of alkyl halides is 5. The Hall–Kier alpha value is -3.70. The molecule has 2 aromatic carbocycles. The van der Waals surface area contributed by atoms with Gasteiger partial charge in [0, 0.05) is 12.6 Å². The zero-order valence-corrected chi connectivity index (χ0v) is 15.6. The van der Waals surface area contributed by atoms with Crippen molar-refractivity contribution in [3.05, 3.63) is 70.9 Å². The van der Waals surface area contributed by atoms with E-state index in [0.29, 0.717) is 16.1 Å². The Morgan fingerprint density at radius 1 is 1.13 bits per heavy atom. The van der Waals surface area contributed by atoms with Crippen LogP contribution in [0.15, 0.2) is 52.0 Å². The van der Waals surface area contributed by atoms with Gasteiger partial charge in [0.1, 0.15) is 5.82 Å². The number of amides is 1. The summed E-state index contributed by atoms with van der Waals surface area (Å²) in [5, 5.41) is 11.2. The molecule has 0 aliphatic rings. The van der Waals surface area contributed by atoms with E-state index >= 15 is 0 Å². The Labute approximate surface area is 170 Å². The van der Waals surface area contributed by atoms with E-state index in [0.717, 1.165) is 19.2 Å². The summed E-state index contributed by atoms with van der Waals surface area (Å²) in [4.78, 5) is 12.3. The number of nitrogens with zero attached hydrogens (tertiary/aromatic N) is 4. The van der Waals surface area contributed by atoms with Gasteiger partial charge in [-0.05, 0) is 35.9 Å². The molecule has 1 aromatic heterocycles. The average Bonchev–Trinajstić information content (AvgIpc) is 3.22. The van der Waals surface area contributed by atoms with Gasteiger partial charge in [0.2, 0.25) is 5.89 Å². The van der Waals surface area contributed by atoms with E-state index in [4.69, 9.17) is 4.42 Å². The van der Waals surface area contributed by atoms with Crippen molar-refractivity contribution in [2.75, 3.05) is 7.05 Å². The third kappa shape index (κ3) is 5.08. The summed E-state index contributed by atoms with van der Waals surface area (Å²) >= 11 is 0. The smallest absolute Gasteiger partial charge is 0.415 e. The largest absolute Gasteiger partial charge is 0.417 e. The van der Waals surface area contributed by atoms with Crippen molar-refractivity contribution in [2.45, 2.75) is 12.6 Å². The summed E-state index contributed by atoms with van der Waals surface area (Å²) in [6.45, 7) is 0. The Bertz CT molecular complexity index is 1110. The molecular weight excluding hydrogens is 430 g/mol. The second-order valence-corrected chi connectivity index (χ2v) is 6.13. The number of hydrazone groups is 1. The SMILES string of the molecule is CN(/N=C/c1ccc(-c2nnc(C(F)F)o2)cc1)C(=O)c1ccc(F)cc1C(F)(F)F. The van der Waals surface area contributed by atoms with Gasteiger partial charge in [-0.15, -0.1) is 10.2 Å². The molecular formula is C19H12F6N4O2. The van der Waals surface area contributed by atoms with Crippen LogP contribution in [0.25, 0.3) is 11.5 Å². The first kappa shape index (κ1) is 22.0. The molecule has 3 aromatic rings. The maximum absolute atomic E-state index is 13.2. The molecule has 1 heterocycles. The number of carbonyl (C=O) groups excluding carboxylic acids is 1. The Morgan fingerprint density at radius 3 is 2.39 bits per heavy atom. The Kier molecular flexibility index (Phi) is 6.09. The molecule has 0 N–H and O–H groups in total. The summed E-state index contributed by atoms with van der Waals surface area (Å²) in [6, 6.07) is 7.63. The first-order chi connectivity index (χ1) is 14.6. The average molecular weight is 442 g/mol. The van der Waals surface area contributed by atoms with Crippen molar-refractivity contribution >= 4 is 12.1 Å². The molecule has 0 fully saturated rings. The molecule has 162 valence electrons. The van der Waals surface area contributed by atoms with Crippen LogP contribution < -0.4 is 0 Å². The van der Waals surface area contributed by atoms with Crippen LogP contribution in [0.5, 0.6) is 0 Å². The second-order valence-electron chi connectivity index (χ2n) is 6.13. The lowest BCUT2D eigenvalue weighted by Crippen LogP contribution is -2.25. The zero-order valence-electron chi connectivity index (χ0n) is 15.6. The molecule has 0 aliphatic heterocycles. The first-order valence-corrected chi connectivity index (χ1v) is 8.47. The molecule has 0 bridgehead atoms. The molecule has 0 atom stereocenters. The fourth-order valence-corrected chi connectivity index (χ4v) is 2.47. The van der Waals surface area contributed by atoms with E-state index in [2.05, 4.69) is 15.3 Å². The Morgan fingerprint density at radius 2 is 1.81 bits per heavy atom. The van der Waals surface area contributed by atoms with E-state index in [9.17, 15) is 31.1 Å². The van der Waals surface area contributed by atoms with Gasteiger partial charge in [-0.3, -0.25) is 4.79 Å². The van der Waals surface area contributed by atoms with E-state index in [1.165, 1.54) is 30.5 Å². The lowest BCUT2D eigenvalue weighted by atomic mass is 10.1. The minimum atomic E-state index is -4.92. The zero-order chi connectivity index (χ0) is 22.8. The topological polar surface area (TPSA) is 71.6 Å². The molecule has 1 amide bonds. The van der Waals surface area contributed by atoms with Crippen molar-refractivity contribution in [3.63, 3.8) is 0 Å². The third-order valence-corrected chi connectivity index (χ3v) is 3.98. The number of carbonyl (C=O) groups is 1. The predicted molar refractivity (Wildman–Crippen MR) is 95.8 cm³/mol. The molecule has 0 radical (unpaired) electrons. The highest BCUT2D eigenvalue weighted by Gasteiger charge is 2.36. The third-order valence-electron chi connectivity index (χ3n) is 3.98. The summed E-state index contributed by atoms with van der Waals surface area (Å²) in [7, 11) is 1.14. The number of hydrogen-bond donors (Lipinski definition) is 0. The van der Waals surface area contributed by atoms with Crippen LogP contribution in [0.3, 0.4) is 0 Å². The minimum absolute atomic E-state index is 0.123. The fraction of sp³-hybridized carbons (Fsp3) is 0.158. The van der Waals surface area contributed by atoms with Gasteiger partial charge in [-0.25, -0.2) is 9.40 Å². The van der Waals surface area contributed by atoms with Gasteiger partial charge >= 0.3 is 12.6 Å². The van der Waals surface area contributed by atoms with Crippen LogP contribution in [-0.4, -0.2) is 34.4 Å². The quantitative estimate of drug-likeness (QED) is 0.319. The minimum Gasteiger partial charge on any atom is -0.415 e. The maximum Gasteiger partial charge on any atom is 0.417 e. The van der Waals surface area contributed by atoms with E-state index in [1.54, 1.807) is 0 Å². The molecule has 12 heteroatoms.